The number of hydrogen-bond acceptors (Lipinski definition) is 5. The number of carboxylic acid groups (broad SMARTS) is 2. The normalized spacial score (nSPS) is 11.3. The van der Waals surface area contributed by atoms with Crippen molar-refractivity contribution in [2.24, 2.45) is 0 Å². The monoisotopic (exact) mass is 290 g/mol. The van der Waals surface area contributed by atoms with E-state index in [9.17, 15) is 19.8 Å². The molecule has 0 amide bonds. The van der Waals surface area contributed by atoms with Gasteiger partial charge in [-0.2, -0.15) is 0 Å². The molecule has 2 rings (SSSR count). The zero-order valence-electron chi connectivity index (χ0n) is 11.4. The van der Waals surface area contributed by atoms with Crippen molar-refractivity contribution in [3.63, 3.8) is 0 Å². The molecule has 0 fully saturated rings. The molecule has 1 aromatic heterocycles. The van der Waals surface area contributed by atoms with E-state index in [1.165, 1.54) is 13.8 Å². The van der Waals surface area contributed by atoms with E-state index in [-0.39, 0.29) is 11.4 Å². The van der Waals surface area contributed by atoms with Gasteiger partial charge in [-0.1, -0.05) is 17.3 Å². The van der Waals surface area contributed by atoms with Crippen LogP contribution >= 0.6 is 0 Å². The Hall–Kier alpha value is -2.90. The summed E-state index contributed by atoms with van der Waals surface area (Å²) < 4.78 is 1.08. The Morgan fingerprint density at radius 2 is 1.95 bits per heavy atom. The third kappa shape index (κ3) is 2.42. The molecule has 4 N–H and O–H groups in total. The van der Waals surface area contributed by atoms with Crippen molar-refractivity contribution in [2.75, 3.05) is 5.73 Å². The summed E-state index contributed by atoms with van der Waals surface area (Å²) >= 11 is 0. The highest BCUT2D eigenvalue weighted by Gasteiger charge is 2.35. The average Bonchev–Trinajstić information content (AvgIpc) is 2.83. The first-order valence-electron chi connectivity index (χ1n) is 6.04. The van der Waals surface area contributed by atoms with Crippen LogP contribution in [-0.4, -0.2) is 37.1 Å². The second kappa shape index (κ2) is 4.89. The summed E-state index contributed by atoms with van der Waals surface area (Å²) in [6.07, 6.45) is 0. The van der Waals surface area contributed by atoms with Crippen LogP contribution in [0.3, 0.4) is 0 Å². The van der Waals surface area contributed by atoms with Gasteiger partial charge in [-0.3, -0.25) is 0 Å². The Balaban J connectivity index is 2.76. The maximum Gasteiger partial charge on any atom is 0.358 e. The van der Waals surface area contributed by atoms with Crippen molar-refractivity contribution in [3.8, 4) is 11.3 Å². The lowest BCUT2D eigenvalue weighted by Crippen LogP contribution is -2.37. The number of nitrogens with zero attached hydrogens (tertiary/aromatic N) is 3. The molecule has 21 heavy (non-hydrogen) atoms. The van der Waals surface area contributed by atoms with Crippen LogP contribution in [0.4, 0.5) is 5.69 Å². The van der Waals surface area contributed by atoms with Crippen LogP contribution in [0.15, 0.2) is 24.3 Å². The van der Waals surface area contributed by atoms with Gasteiger partial charge in [-0.05, 0) is 26.0 Å². The van der Waals surface area contributed by atoms with Gasteiger partial charge in [-0.25, -0.2) is 14.3 Å². The molecular formula is C13H14N4O4. The first-order valence-corrected chi connectivity index (χ1v) is 6.04. The Bertz CT molecular complexity index is 721. The third-order valence-electron chi connectivity index (χ3n) is 3.09. The van der Waals surface area contributed by atoms with Crippen LogP contribution in [0, 0.1) is 0 Å². The minimum Gasteiger partial charge on any atom is -0.479 e. The summed E-state index contributed by atoms with van der Waals surface area (Å²) in [5, 5.41) is 25.8. The molecule has 1 aromatic carbocycles. The summed E-state index contributed by atoms with van der Waals surface area (Å²) in [5.41, 5.74) is 4.87. The molecule has 0 radical (unpaired) electrons. The number of aromatic carboxylic acids is 1. The van der Waals surface area contributed by atoms with Crippen LogP contribution in [0.5, 0.6) is 0 Å². The molecular weight excluding hydrogens is 276 g/mol. The Labute approximate surface area is 119 Å². The van der Waals surface area contributed by atoms with E-state index in [0.29, 0.717) is 11.3 Å². The summed E-state index contributed by atoms with van der Waals surface area (Å²) in [5.74, 6) is -2.45. The number of aromatic nitrogens is 3. The van der Waals surface area contributed by atoms with Gasteiger partial charge in [0.15, 0.2) is 11.2 Å². The minimum absolute atomic E-state index is 0.0993. The van der Waals surface area contributed by atoms with Crippen molar-refractivity contribution >= 4 is 17.6 Å². The first-order chi connectivity index (χ1) is 9.75. The van der Waals surface area contributed by atoms with E-state index in [4.69, 9.17) is 5.73 Å². The van der Waals surface area contributed by atoms with Crippen LogP contribution in [-0.2, 0) is 10.3 Å². The summed E-state index contributed by atoms with van der Waals surface area (Å²) in [6, 6.07) is 6.44. The Morgan fingerprint density at radius 1 is 1.29 bits per heavy atom. The molecule has 0 atom stereocenters. The van der Waals surface area contributed by atoms with E-state index >= 15 is 0 Å². The quantitative estimate of drug-likeness (QED) is 0.717. The molecule has 8 heteroatoms. The second-order valence-electron chi connectivity index (χ2n) is 4.99. The number of nitrogen functional groups attached to an aromatic ring is 1. The fourth-order valence-electron chi connectivity index (χ4n) is 1.85. The van der Waals surface area contributed by atoms with Crippen LogP contribution in [0.25, 0.3) is 11.3 Å². The van der Waals surface area contributed by atoms with E-state index in [1.807, 2.05) is 0 Å². The van der Waals surface area contributed by atoms with Gasteiger partial charge in [-0.15, -0.1) is 5.10 Å². The zero-order valence-corrected chi connectivity index (χ0v) is 11.4. The number of aliphatic carboxylic acids is 1. The lowest BCUT2D eigenvalue weighted by Gasteiger charge is -2.21. The number of anilines is 1. The van der Waals surface area contributed by atoms with Crippen LogP contribution in [0.2, 0.25) is 0 Å². The molecule has 0 saturated heterocycles. The number of rotatable bonds is 4. The molecule has 110 valence electrons. The molecule has 0 aliphatic carbocycles. The third-order valence-corrected chi connectivity index (χ3v) is 3.09. The highest BCUT2D eigenvalue weighted by Crippen LogP contribution is 2.29. The van der Waals surface area contributed by atoms with E-state index in [0.717, 1.165) is 4.68 Å². The first kappa shape index (κ1) is 14.5. The number of hydrogen-bond donors (Lipinski definition) is 3. The maximum absolute atomic E-state index is 11.4. The highest BCUT2D eigenvalue weighted by molar-refractivity contribution is 5.93. The predicted octanol–water partition coefficient (Wildman–Crippen LogP) is 1.05. The van der Waals surface area contributed by atoms with Gasteiger partial charge in [0, 0.05) is 11.3 Å². The number of benzene rings is 1. The fraction of sp³-hybridized carbons (Fsp3) is 0.231. The molecule has 8 nitrogen and oxygen atoms in total. The van der Waals surface area contributed by atoms with Gasteiger partial charge in [0.2, 0.25) is 0 Å². The lowest BCUT2D eigenvalue weighted by molar-refractivity contribution is -0.146. The summed E-state index contributed by atoms with van der Waals surface area (Å²) in [4.78, 5) is 22.7. The summed E-state index contributed by atoms with van der Waals surface area (Å²) in [6.45, 7) is 2.82. The van der Waals surface area contributed by atoms with Crippen LogP contribution < -0.4 is 5.73 Å². The second-order valence-corrected chi connectivity index (χ2v) is 4.99. The topological polar surface area (TPSA) is 131 Å². The molecule has 1 heterocycles. The van der Waals surface area contributed by atoms with E-state index in [1.54, 1.807) is 24.3 Å². The predicted molar refractivity (Wildman–Crippen MR) is 73.8 cm³/mol. The largest absolute Gasteiger partial charge is 0.479 e. The van der Waals surface area contributed by atoms with Gasteiger partial charge >= 0.3 is 11.9 Å². The van der Waals surface area contributed by atoms with Gasteiger partial charge in [0.05, 0.1) is 0 Å². The fourth-order valence-corrected chi connectivity index (χ4v) is 1.85. The smallest absolute Gasteiger partial charge is 0.358 e. The van der Waals surface area contributed by atoms with Crippen molar-refractivity contribution in [1.82, 2.24) is 15.0 Å². The van der Waals surface area contributed by atoms with Crippen molar-refractivity contribution in [2.45, 2.75) is 19.4 Å². The molecule has 0 aliphatic rings. The van der Waals surface area contributed by atoms with E-state index < -0.39 is 17.5 Å². The van der Waals surface area contributed by atoms with E-state index in [2.05, 4.69) is 10.3 Å². The number of carbonyl (C=O) groups is 2. The molecule has 0 unspecified atom stereocenters. The van der Waals surface area contributed by atoms with Crippen molar-refractivity contribution in [3.05, 3.63) is 30.0 Å². The maximum atomic E-state index is 11.4. The van der Waals surface area contributed by atoms with Gasteiger partial charge in [0.25, 0.3) is 0 Å². The van der Waals surface area contributed by atoms with Crippen LogP contribution in [0.1, 0.15) is 24.3 Å². The van der Waals surface area contributed by atoms with Crippen molar-refractivity contribution in [1.29, 1.82) is 0 Å². The van der Waals surface area contributed by atoms with Crippen molar-refractivity contribution < 1.29 is 19.8 Å². The molecule has 0 saturated carbocycles. The standard InChI is InChI=1S/C13H14N4O4/c1-13(2,12(20)21)17-10(9(11(18)19)15-16-17)7-4-3-5-8(14)6-7/h3-6H,14H2,1-2H3,(H,18,19)(H,20,21). The SMILES string of the molecule is CC(C)(C(=O)O)n1nnc(C(=O)O)c1-c1cccc(N)c1. The van der Waals surface area contributed by atoms with Gasteiger partial charge < -0.3 is 15.9 Å². The molecule has 0 bridgehead atoms. The minimum atomic E-state index is -1.46. The Morgan fingerprint density at radius 3 is 2.48 bits per heavy atom. The number of carboxylic acids is 2. The summed E-state index contributed by atoms with van der Waals surface area (Å²) in [7, 11) is 0. The Kier molecular flexibility index (Phi) is 3.38. The lowest BCUT2D eigenvalue weighted by atomic mass is 10.0. The molecule has 2 aromatic rings. The zero-order chi connectivity index (χ0) is 15.8. The average molecular weight is 290 g/mol. The van der Waals surface area contributed by atoms with Gasteiger partial charge in [0.1, 0.15) is 5.69 Å². The molecule has 0 spiro atoms. The highest BCUT2D eigenvalue weighted by atomic mass is 16.4. The molecule has 0 aliphatic heterocycles. The number of nitrogens with two attached hydrogens (primary N) is 1.